The Morgan fingerprint density at radius 2 is 0.752 bits per heavy atom. The Kier molecular flexibility index (Phi) is 52.8. The molecule has 25 heteroatoms. The van der Waals surface area contributed by atoms with Gasteiger partial charge in [-0.25, -0.2) is 9.36 Å². The number of carbonyl (C=O) groups is 3. The van der Waals surface area contributed by atoms with Crippen LogP contribution in [0.4, 0.5) is 0 Å². The van der Waals surface area contributed by atoms with Crippen molar-refractivity contribution >= 4 is 25.7 Å². The normalized spacial score (nSPS) is 27.3. The minimum absolute atomic E-state index is 0.0287. The molecule has 18 unspecified atom stereocenters. The summed E-state index contributed by atoms with van der Waals surface area (Å²) in [5.41, 5.74) is 0. The number of phosphoric ester groups is 1. The van der Waals surface area contributed by atoms with Crippen LogP contribution >= 0.6 is 7.82 Å². The van der Waals surface area contributed by atoms with Crippen molar-refractivity contribution in [2.45, 2.75) is 414 Å². The summed E-state index contributed by atoms with van der Waals surface area (Å²) in [7, 11) is -5.72. The van der Waals surface area contributed by atoms with E-state index in [4.69, 9.17) is 42.2 Å². The first kappa shape index (κ1) is 92.6. The Hall–Kier alpha value is -2.56. The molecule has 24 nitrogen and oxygen atoms in total. The molecule has 2 aliphatic heterocycles. The second kappa shape index (κ2) is 57.6. The van der Waals surface area contributed by atoms with Crippen LogP contribution in [-0.4, -0.2) is 204 Å². The lowest BCUT2D eigenvalue weighted by atomic mass is 9.84. The van der Waals surface area contributed by atoms with Crippen LogP contribution < -0.4 is 0 Å². The van der Waals surface area contributed by atoms with E-state index in [0.717, 1.165) is 96.0 Å². The van der Waals surface area contributed by atoms with Crippen molar-refractivity contribution in [3.8, 4) is 0 Å². The Balaban J connectivity index is 1.73. The molecule has 1 aliphatic carbocycles. The van der Waals surface area contributed by atoms with Crippen LogP contribution in [0, 0.1) is 0 Å². The Labute approximate surface area is 605 Å². The van der Waals surface area contributed by atoms with Crippen LogP contribution in [0.15, 0.2) is 24.3 Å². The van der Waals surface area contributed by atoms with E-state index in [-0.39, 0.29) is 12.8 Å². The number of unbranched alkanes of at least 4 members (excludes halogenated alkanes) is 40. The third-order valence-corrected chi connectivity index (χ3v) is 20.6. The van der Waals surface area contributed by atoms with Crippen molar-refractivity contribution in [1.82, 2.24) is 0 Å². The maximum Gasteiger partial charge on any atom is 0.472 e. The molecule has 0 amide bonds. The number of carbonyl (C=O) groups excluding carboxylic acids is 3. The number of hydrogen-bond acceptors (Lipinski definition) is 23. The number of hydrogen-bond donors (Lipinski definition) is 11. The lowest BCUT2D eigenvalue weighted by molar-refractivity contribution is -0.360. The van der Waals surface area contributed by atoms with E-state index in [1.165, 1.54) is 179 Å². The van der Waals surface area contributed by atoms with Gasteiger partial charge in [-0.15, -0.1) is 0 Å². The molecule has 3 fully saturated rings. The van der Waals surface area contributed by atoms with Gasteiger partial charge in [0.2, 0.25) is 0 Å². The number of phosphoric acid groups is 1. The molecule has 3 rings (SSSR count). The molecule has 0 aromatic carbocycles. The van der Waals surface area contributed by atoms with Crippen molar-refractivity contribution in [2.24, 2.45) is 0 Å². The summed E-state index contributed by atoms with van der Waals surface area (Å²) in [6.07, 6.45) is 20.1. The molecule has 0 spiro atoms. The summed E-state index contributed by atoms with van der Waals surface area (Å²) in [5, 5.41) is 110. The van der Waals surface area contributed by atoms with Crippen molar-refractivity contribution < 1.29 is 117 Å². The topological polar surface area (TPSA) is 374 Å². The summed E-state index contributed by atoms with van der Waals surface area (Å²) in [4.78, 5) is 51.0. The third kappa shape index (κ3) is 40.3. The zero-order valence-corrected chi connectivity index (χ0v) is 62.8. The summed E-state index contributed by atoms with van der Waals surface area (Å²) in [6, 6.07) is 0. The predicted octanol–water partition coefficient (Wildman–Crippen LogP) is 11.7. The molecule has 0 aromatic rings. The number of allylic oxidation sites excluding steroid dienone is 3. The fourth-order valence-corrected chi connectivity index (χ4v) is 14.1. The molecule has 3 aliphatic rings. The summed E-state index contributed by atoms with van der Waals surface area (Å²) < 4.78 is 64.9. The minimum atomic E-state index is -5.72. The minimum Gasteiger partial charge on any atom is -0.463 e. The van der Waals surface area contributed by atoms with Crippen LogP contribution in [0.3, 0.4) is 0 Å². The van der Waals surface area contributed by atoms with Crippen LogP contribution in [0.1, 0.15) is 310 Å². The molecule has 2 saturated heterocycles. The van der Waals surface area contributed by atoms with Gasteiger partial charge < -0.3 is 89.1 Å². The van der Waals surface area contributed by atoms with E-state index in [2.05, 4.69) is 20.8 Å². The molecular formula is C76H139O24P. The molecule has 18 atom stereocenters. The number of aliphatic hydroxyl groups excluding tert-OH is 10. The van der Waals surface area contributed by atoms with Crippen LogP contribution in [0.2, 0.25) is 0 Å². The van der Waals surface area contributed by atoms with Crippen LogP contribution in [-0.2, 0) is 61.2 Å². The highest BCUT2D eigenvalue weighted by molar-refractivity contribution is 7.47. The first-order valence-corrected chi connectivity index (χ1v) is 41.2. The van der Waals surface area contributed by atoms with Gasteiger partial charge >= 0.3 is 25.7 Å². The average Bonchev–Trinajstić information content (AvgIpc) is 0.761. The van der Waals surface area contributed by atoms with Gasteiger partial charge in [0, 0.05) is 18.9 Å². The highest BCUT2D eigenvalue weighted by Gasteiger charge is 2.58. The molecule has 0 aromatic heterocycles. The van der Waals surface area contributed by atoms with E-state index in [1.807, 2.05) is 6.08 Å². The van der Waals surface area contributed by atoms with Crippen LogP contribution in [0.25, 0.3) is 0 Å². The molecule has 11 N–H and O–H groups in total. The predicted molar refractivity (Wildman–Crippen MR) is 384 cm³/mol. The highest BCUT2D eigenvalue weighted by Crippen LogP contribution is 2.49. The zero-order chi connectivity index (χ0) is 73.9. The molecule has 592 valence electrons. The van der Waals surface area contributed by atoms with Crippen molar-refractivity contribution in [3.05, 3.63) is 24.3 Å². The van der Waals surface area contributed by atoms with E-state index >= 15 is 0 Å². The monoisotopic (exact) mass is 1470 g/mol. The van der Waals surface area contributed by atoms with Crippen molar-refractivity contribution in [1.29, 1.82) is 0 Å². The first-order valence-electron chi connectivity index (χ1n) is 39.7. The Bertz CT molecular complexity index is 2180. The summed E-state index contributed by atoms with van der Waals surface area (Å²) in [5.74, 6) is -2.23. The summed E-state index contributed by atoms with van der Waals surface area (Å²) in [6.45, 7) is 3.38. The smallest absolute Gasteiger partial charge is 0.463 e. The first-order chi connectivity index (χ1) is 48.8. The lowest BCUT2D eigenvalue weighted by Crippen LogP contribution is -2.69. The molecule has 0 radical (unpaired) electrons. The molecular weight excluding hydrogens is 1330 g/mol. The SMILES string of the molecule is CCCCCCCCCCCCC/C=C/C=C/C(=O)OC(COC(=O)CCCCCCCCCCCCCCCCCC)COP(=O)(O)OC1C(OC2OC(CO)C(O)C(O)C2O)C(O)C(O)C(O)C1OC1OC(COC(=O)CCCCCCCCCCCCCCCCC)C(O)C(O)C1O. The fourth-order valence-electron chi connectivity index (χ4n) is 13.1. The largest absolute Gasteiger partial charge is 0.472 e. The van der Waals surface area contributed by atoms with E-state index in [1.54, 1.807) is 6.08 Å². The maximum atomic E-state index is 14.3. The maximum absolute atomic E-state index is 14.3. The molecule has 1 saturated carbocycles. The third-order valence-electron chi connectivity index (χ3n) is 19.6. The van der Waals surface area contributed by atoms with E-state index in [0.29, 0.717) is 12.8 Å². The van der Waals surface area contributed by atoms with E-state index < -0.39 is 156 Å². The highest BCUT2D eigenvalue weighted by atomic mass is 31.2. The summed E-state index contributed by atoms with van der Waals surface area (Å²) >= 11 is 0. The van der Waals surface area contributed by atoms with Gasteiger partial charge in [0.1, 0.15) is 98.7 Å². The number of rotatable bonds is 62. The fraction of sp³-hybridized carbons (Fsp3) is 0.908. The van der Waals surface area contributed by atoms with Gasteiger partial charge in [0.15, 0.2) is 18.7 Å². The van der Waals surface area contributed by atoms with Gasteiger partial charge in [-0.3, -0.25) is 18.6 Å². The van der Waals surface area contributed by atoms with Crippen LogP contribution in [0.5, 0.6) is 0 Å². The number of ether oxygens (including phenoxy) is 7. The van der Waals surface area contributed by atoms with Gasteiger partial charge in [0.25, 0.3) is 0 Å². The van der Waals surface area contributed by atoms with Gasteiger partial charge in [-0.2, -0.15) is 0 Å². The van der Waals surface area contributed by atoms with Crippen molar-refractivity contribution in [2.75, 3.05) is 26.4 Å². The number of aliphatic hydroxyl groups is 10. The second-order valence-corrected chi connectivity index (χ2v) is 29.9. The Morgan fingerprint density at radius 1 is 0.406 bits per heavy atom. The molecule has 101 heavy (non-hydrogen) atoms. The number of esters is 3. The van der Waals surface area contributed by atoms with Gasteiger partial charge in [-0.05, 0) is 25.7 Å². The van der Waals surface area contributed by atoms with Gasteiger partial charge in [0.05, 0.1) is 13.2 Å². The lowest BCUT2D eigenvalue weighted by Gasteiger charge is -2.49. The standard InChI is InChI=1S/C76H139O24P/c1-4-7-10-13-16-19-22-25-28-31-33-35-38-41-44-47-50-60(78)92-54-57(95-62(80)52-49-46-43-40-37-34-30-27-24-21-18-15-12-9-6-3)55-94-101(90,91)100-74-72(98-75-70(88)65(83)63(81)58(53-77)96-75)68(86)67(85)69(87)73(74)99-76-71(89)66(84)64(82)59(97-76)56-93-61(79)51-48-45-42-39-36-32-29-26-23-20-17-14-11-8-5-2/h43,46,49,52,57-59,63-77,81-89H,4-42,44-45,47-48,50-51,53-56H2,1-3H3,(H,90,91)/b46-43+,52-49+. The molecule has 0 bridgehead atoms. The Morgan fingerprint density at radius 3 is 1.15 bits per heavy atom. The second-order valence-electron chi connectivity index (χ2n) is 28.5. The average molecular weight is 1470 g/mol. The van der Waals surface area contributed by atoms with E-state index in [9.17, 15) is 74.9 Å². The van der Waals surface area contributed by atoms with Crippen molar-refractivity contribution in [3.63, 3.8) is 0 Å². The quantitative estimate of drug-likeness (QED) is 0.00673. The molecule has 2 heterocycles. The zero-order valence-electron chi connectivity index (χ0n) is 61.9. The van der Waals surface area contributed by atoms with Gasteiger partial charge in [-0.1, -0.05) is 289 Å².